The largest absolute Gasteiger partial charge is 0.444 e. The Balaban J connectivity index is 1.92. The van der Waals surface area contributed by atoms with Crippen LogP contribution in [0.25, 0.3) is 11.5 Å². The first-order chi connectivity index (χ1) is 9.44. The second kappa shape index (κ2) is 5.73. The van der Waals surface area contributed by atoms with Gasteiger partial charge in [0.15, 0.2) is 0 Å². The van der Waals surface area contributed by atoms with E-state index in [9.17, 15) is 4.79 Å². The maximum atomic E-state index is 11.5. The lowest BCUT2D eigenvalue weighted by molar-refractivity contribution is 0.0519. The molecule has 0 aliphatic carbocycles. The zero-order valence-corrected chi connectivity index (χ0v) is 11.7. The van der Waals surface area contributed by atoms with Gasteiger partial charge >= 0.3 is 6.09 Å². The molecule has 0 aliphatic rings. The lowest BCUT2D eigenvalue weighted by Gasteiger charge is -2.19. The number of carbonyl (C=O) groups is 1. The van der Waals surface area contributed by atoms with Crippen LogP contribution in [0.3, 0.4) is 0 Å². The molecular weight excluding hydrogens is 258 g/mol. The van der Waals surface area contributed by atoms with Crippen LogP contribution in [0.1, 0.15) is 26.7 Å². The van der Waals surface area contributed by atoms with Crippen LogP contribution in [-0.4, -0.2) is 21.9 Å². The minimum Gasteiger partial charge on any atom is -0.444 e. The van der Waals surface area contributed by atoms with Crippen LogP contribution in [0.2, 0.25) is 0 Å². The zero-order chi connectivity index (χ0) is 14.6. The third-order valence-electron chi connectivity index (χ3n) is 2.27. The summed E-state index contributed by atoms with van der Waals surface area (Å²) in [6.07, 6.45) is -0.517. The molecule has 1 aromatic carbocycles. The van der Waals surface area contributed by atoms with Gasteiger partial charge in [0.25, 0.3) is 0 Å². The first-order valence-corrected chi connectivity index (χ1v) is 6.29. The number of rotatable bonds is 3. The van der Waals surface area contributed by atoms with Gasteiger partial charge in [-0.05, 0) is 32.9 Å². The quantitative estimate of drug-likeness (QED) is 0.932. The van der Waals surface area contributed by atoms with Gasteiger partial charge < -0.3 is 14.5 Å². The molecule has 0 radical (unpaired) electrons. The molecule has 0 saturated heterocycles. The van der Waals surface area contributed by atoms with E-state index in [0.717, 1.165) is 5.56 Å². The van der Waals surface area contributed by atoms with Crippen molar-refractivity contribution >= 4 is 6.09 Å². The Labute approximate surface area is 117 Å². The van der Waals surface area contributed by atoms with Gasteiger partial charge in [-0.3, -0.25) is 0 Å². The molecule has 1 heterocycles. The highest BCUT2D eigenvalue weighted by atomic mass is 16.6. The molecule has 0 spiro atoms. The molecule has 6 nitrogen and oxygen atoms in total. The Morgan fingerprint density at radius 2 is 1.95 bits per heavy atom. The summed E-state index contributed by atoms with van der Waals surface area (Å²) >= 11 is 0. The summed E-state index contributed by atoms with van der Waals surface area (Å²) in [4.78, 5) is 11.5. The Morgan fingerprint density at radius 1 is 1.25 bits per heavy atom. The van der Waals surface area contributed by atoms with E-state index in [1.807, 2.05) is 30.3 Å². The predicted molar refractivity (Wildman–Crippen MR) is 72.8 cm³/mol. The van der Waals surface area contributed by atoms with Crippen LogP contribution < -0.4 is 5.32 Å². The number of hydrogen-bond acceptors (Lipinski definition) is 5. The molecule has 1 N–H and O–H groups in total. The Morgan fingerprint density at radius 3 is 2.60 bits per heavy atom. The van der Waals surface area contributed by atoms with Crippen molar-refractivity contribution in [2.75, 3.05) is 0 Å². The van der Waals surface area contributed by atoms with Gasteiger partial charge in [-0.25, -0.2) is 4.79 Å². The van der Waals surface area contributed by atoms with E-state index in [0.29, 0.717) is 11.8 Å². The summed E-state index contributed by atoms with van der Waals surface area (Å²) in [5.74, 6) is 0.751. The second-order valence-corrected chi connectivity index (χ2v) is 5.22. The van der Waals surface area contributed by atoms with E-state index in [1.54, 1.807) is 20.8 Å². The van der Waals surface area contributed by atoms with Crippen LogP contribution in [0.5, 0.6) is 0 Å². The fraction of sp³-hybridized carbons (Fsp3) is 0.357. The zero-order valence-electron chi connectivity index (χ0n) is 11.7. The van der Waals surface area contributed by atoms with Gasteiger partial charge in [0, 0.05) is 5.56 Å². The smallest absolute Gasteiger partial charge is 0.408 e. The minimum atomic E-state index is -0.534. The molecule has 20 heavy (non-hydrogen) atoms. The standard InChI is InChI=1S/C14H17N3O3/c1-14(2,3)20-13(18)15-9-11-16-17-12(19-11)10-7-5-4-6-8-10/h4-8H,9H2,1-3H3,(H,15,18). The van der Waals surface area contributed by atoms with Crippen molar-refractivity contribution in [3.63, 3.8) is 0 Å². The Bertz CT molecular complexity index is 573. The highest BCUT2D eigenvalue weighted by molar-refractivity contribution is 5.67. The highest BCUT2D eigenvalue weighted by Crippen LogP contribution is 2.16. The highest BCUT2D eigenvalue weighted by Gasteiger charge is 2.16. The molecule has 2 rings (SSSR count). The number of amides is 1. The van der Waals surface area contributed by atoms with E-state index in [-0.39, 0.29) is 6.54 Å². The van der Waals surface area contributed by atoms with Crippen LogP contribution in [-0.2, 0) is 11.3 Å². The topological polar surface area (TPSA) is 77.2 Å². The van der Waals surface area contributed by atoms with E-state index < -0.39 is 11.7 Å². The van der Waals surface area contributed by atoms with Gasteiger partial charge in [-0.2, -0.15) is 0 Å². The maximum Gasteiger partial charge on any atom is 0.408 e. The molecule has 0 bridgehead atoms. The summed E-state index contributed by atoms with van der Waals surface area (Å²) in [5.41, 5.74) is 0.303. The van der Waals surface area contributed by atoms with E-state index in [4.69, 9.17) is 9.15 Å². The molecule has 0 fully saturated rings. The van der Waals surface area contributed by atoms with Gasteiger partial charge in [0.1, 0.15) is 5.60 Å². The van der Waals surface area contributed by atoms with Crippen molar-refractivity contribution in [3.8, 4) is 11.5 Å². The molecule has 1 aromatic heterocycles. The van der Waals surface area contributed by atoms with Gasteiger partial charge in [0.2, 0.25) is 11.8 Å². The Hall–Kier alpha value is -2.37. The van der Waals surface area contributed by atoms with Crippen molar-refractivity contribution in [1.29, 1.82) is 0 Å². The van der Waals surface area contributed by atoms with Crippen molar-refractivity contribution in [3.05, 3.63) is 36.2 Å². The lowest BCUT2D eigenvalue weighted by atomic mass is 10.2. The average molecular weight is 275 g/mol. The van der Waals surface area contributed by atoms with Crippen LogP contribution >= 0.6 is 0 Å². The van der Waals surface area contributed by atoms with Crippen molar-refractivity contribution in [1.82, 2.24) is 15.5 Å². The first-order valence-electron chi connectivity index (χ1n) is 6.29. The number of aromatic nitrogens is 2. The summed E-state index contributed by atoms with van der Waals surface area (Å²) in [6, 6.07) is 9.43. The van der Waals surface area contributed by atoms with Crippen LogP contribution in [0, 0.1) is 0 Å². The molecule has 2 aromatic rings. The summed E-state index contributed by atoms with van der Waals surface area (Å²) in [5, 5.41) is 10.4. The minimum absolute atomic E-state index is 0.134. The van der Waals surface area contributed by atoms with E-state index >= 15 is 0 Å². The fourth-order valence-corrected chi connectivity index (χ4v) is 1.48. The summed E-state index contributed by atoms with van der Waals surface area (Å²) in [6.45, 7) is 5.53. The number of carbonyl (C=O) groups excluding carboxylic acids is 1. The predicted octanol–water partition coefficient (Wildman–Crippen LogP) is 2.76. The third kappa shape index (κ3) is 4.08. The van der Waals surface area contributed by atoms with Gasteiger partial charge in [-0.1, -0.05) is 18.2 Å². The Kier molecular flexibility index (Phi) is 4.02. The van der Waals surface area contributed by atoms with Gasteiger partial charge in [0.05, 0.1) is 6.54 Å². The van der Waals surface area contributed by atoms with E-state index in [1.165, 1.54) is 0 Å². The third-order valence-corrected chi connectivity index (χ3v) is 2.27. The maximum absolute atomic E-state index is 11.5. The van der Waals surface area contributed by atoms with Crippen molar-refractivity contribution < 1.29 is 13.9 Å². The summed E-state index contributed by atoms with van der Waals surface area (Å²) in [7, 11) is 0. The molecule has 0 aliphatic heterocycles. The number of nitrogens with zero attached hydrogens (tertiary/aromatic N) is 2. The van der Waals surface area contributed by atoms with Gasteiger partial charge in [-0.15, -0.1) is 10.2 Å². The van der Waals surface area contributed by atoms with Crippen molar-refractivity contribution in [2.24, 2.45) is 0 Å². The number of benzene rings is 1. The normalized spacial score (nSPS) is 11.2. The van der Waals surface area contributed by atoms with Crippen LogP contribution in [0.4, 0.5) is 4.79 Å². The second-order valence-electron chi connectivity index (χ2n) is 5.22. The molecule has 106 valence electrons. The first kappa shape index (κ1) is 14.0. The van der Waals surface area contributed by atoms with Crippen molar-refractivity contribution in [2.45, 2.75) is 32.9 Å². The molecule has 6 heteroatoms. The fourth-order valence-electron chi connectivity index (χ4n) is 1.48. The molecule has 0 saturated carbocycles. The number of ether oxygens (including phenoxy) is 1. The molecular formula is C14H17N3O3. The lowest BCUT2D eigenvalue weighted by Crippen LogP contribution is -2.32. The summed E-state index contributed by atoms with van der Waals surface area (Å²) < 4.78 is 10.6. The molecule has 1 amide bonds. The number of nitrogens with one attached hydrogen (secondary N) is 1. The number of hydrogen-bond donors (Lipinski definition) is 1. The molecule has 0 atom stereocenters. The SMILES string of the molecule is CC(C)(C)OC(=O)NCc1nnc(-c2ccccc2)o1. The average Bonchev–Trinajstić information content (AvgIpc) is 2.84. The molecule has 0 unspecified atom stereocenters. The number of alkyl carbamates (subject to hydrolysis) is 1. The van der Waals surface area contributed by atoms with Crippen LogP contribution in [0.15, 0.2) is 34.7 Å². The van der Waals surface area contributed by atoms with E-state index in [2.05, 4.69) is 15.5 Å². The monoisotopic (exact) mass is 275 g/mol.